The highest BCUT2D eigenvalue weighted by atomic mass is 32.1. The Balaban J connectivity index is 2.41. The minimum Gasteiger partial charge on any atom is -0.306 e. The van der Waals surface area contributed by atoms with Crippen LogP contribution < -0.4 is 5.32 Å². The summed E-state index contributed by atoms with van der Waals surface area (Å²) < 4.78 is 0. The zero-order chi connectivity index (χ0) is 11.3. The summed E-state index contributed by atoms with van der Waals surface area (Å²) in [6.07, 6.45) is 4.12. The van der Waals surface area contributed by atoms with Crippen molar-refractivity contribution in [1.29, 1.82) is 0 Å². The molecule has 0 radical (unpaired) electrons. The summed E-state index contributed by atoms with van der Waals surface area (Å²) in [6.45, 7) is 10.0. The molecular formula is C11H19N3S. The van der Waals surface area contributed by atoms with Crippen molar-refractivity contribution in [3.05, 3.63) is 22.7 Å². The van der Waals surface area contributed by atoms with Crippen LogP contribution in [0.1, 0.15) is 42.7 Å². The minimum atomic E-state index is 0.288. The molecular weight excluding hydrogens is 206 g/mol. The minimum absolute atomic E-state index is 0.288. The molecule has 1 aromatic heterocycles. The van der Waals surface area contributed by atoms with Crippen molar-refractivity contribution in [3.63, 3.8) is 0 Å². The van der Waals surface area contributed by atoms with Gasteiger partial charge >= 0.3 is 0 Å². The van der Waals surface area contributed by atoms with E-state index in [0.29, 0.717) is 6.04 Å². The van der Waals surface area contributed by atoms with E-state index in [1.807, 2.05) is 13.0 Å². The normalized spacial score (nSPS) is 14.9. The van der Waals surface area contributed by atoms with Crippen LogP contribution in [-0.4, -0.2) is 16.2 Å². The van der Waals surface area contributed by atoms with Gasteiger partial charge in [0.05, 0.1) is 6.04 Å². The number of allylic oxidation sites excluding steroid dienone is 1. The number of nitrogens with one attached hydrogen (secondary N) is 1. The van der Waals surface area contributed by atoms with E-state index in [1.165, 1.54) is 0 Å². The Labute approximate surface area is 95.6 Å². The smallest absolute Gasteiger partial charge is 0.134 e. The molecule has 0 aliphatic rings. The third-order valence-electron chi connectivity index (χ3n) is 2.25. The van der Waals surface area contributed by atoms with Gasteiger partial charge in [0, 0.05) is 6.04 Å². The maximum Gasteiger partial charge on any atom is 0.134 e. The van der Waals surface area contributed by atoms with E-state index in [2.05, 4.69) is 35.9 Å². The van der Waals surface area contributed by atoms with Gasteiger partial charge in [-0.25, -0.2) is 0 Å². The average Bonchev–Trinajstić information content (AvgIpc) is 2.61. The molecule has 1 rings (SSSR count). The highest BCUT2D eigenvalue weighted by Gasteiger charge is 2.12. The molecule has 0 fully saturated rings. The molecule has 84 valence electrons. The zero-order valence-electron chi connectivity index (χ0n) is 9.66. The Hall–Kier alpha value is -0.740. The topological polar surface area (TPSA) is 37.8 Å². The van der Waals surface area contributed by atoms with Crippen molar-refractivity contribution in [2.24, 2.45) is 0 Å². The van der Waals surface area contributed by atoms with Crippen LogP contribution in [0.4, 0.5) is 0 Å². The average molecular weight is 225 g/mol. The van der Waals surface area contributed by atoms with Gasteiger partial charge in [0.15, 0.2) is 0 Å². The lowest BCUT2D eigenvalue weighted by Gasteiger charge is -2.17. The molecule has 3 nitrogen and oxygen atoms in total. The van der Waals surface area contributed by atoms with E-state index in [-0.39, 0.29) is 6.04 Å². The van der Waals surface area contributed by atoms with Crippen LogP contribution >= 0.6 is 11.3 Å². The van der Waals surface area contributed by atoms with Crippen LogP contribution in [0, 0.1) is 6.92 Å². The molecule has 0 spiro atoms. The van der Waals surface area contributed by atoms with E-state index >= 15 is 0 Å². The second-order valence-corrected chi connectivity index (χ2v) is 5.03. The van der Waals surface area contributed by atoms with E-state index < -0.39 is 0 Å². The highest BCUT2D eigenvalue weighted by molar-refractivity contribution is 7.11. The first-order valence-electron chi connectivity index (χ1n) is 5.30. The Morgan fingerprint density at radius 1 is 1.47 bits per heavy atom. The summed E-state index contributed by atoms with van der Waals surface area (Å²) in [5.41, 5.74) is 0. The summed E-state index contributed by atoms with van der Waals surface area (Å²) in [6, 6.07) is 0.776. The van der Waals surface area contributed by atoms with Gasteiger partial charge in [-0.15, -0.1) is 28.1 Å². The molecule has 2 atom stereocenters. The van der Waals surface area contributed by atoms with Crippen LogP contribution in [0.2, 0.25) is 0 Å². The first-order valence-corrected chi connectivity index (χ1v) is 6.12. The molecule has 0 aliphatic carbocycles. The predicted molar refractivity (Wildman–Crippen MR) is 65.1 cm³/mol. The number of aromatic nitrogens is 2. The van der Waals surface area contributed by atoms with E-state index in [1.54, 1.807) is 11.3 Å². The van der Waals surface area contributed by atoms with Crippen LogP contribution in [0.25, 0.3) is 0 Å². The second-order valence-electron chi connectivity index (χ2n) is 3.81. The Kier molecular flexibility index (Phi) is 4.91. The molecule has 1 heterocycles. The first-order chi connectivity index (χ1) is 7.13. The van der Waals surface area contributed by atoms with Crippen LogP contribution in [-0.2, 0) is 0 Å². The van der Waals surface area contributed by atoms with Crippen LogP contribution in [0.5, 0.6) is 0 Å². The maximum absolute atomic E-state index is 4.13. The van der Waals surface area contributed by atoms with Crippen molar-refractivity contribution in [3.8, 4) is 0 Å². The molecule has 4 heteroatoms. The lowest BCUT2D eigenvalue weighted by Crippen LogP contribution is -2.28. The largest absolute Gasteiger partial charge is 0.306 e. The van der Waals surface area contributed by atoms with Gasteiger partial charge in [-0.3, -0.25) is 0 Å². The van der Waals surface area contributed by atoms with Crippen molar-refractivity contribution in [1.82, 2.24) is 15.5 Å². The molecule has 0 aromatic carbocycles. The van der Waals surface area contributed by atoms with Crippen molar-refractivity contribution >= 4 is 11.3 Å². The molecule has 0 aliphatic heterocycles. The fourth-order valence-corrected chi connectivity index (χ4v) is 2.15. The van der Waals surface area contributed by atoms with Gasteiger partial charge in [0.25, 0.3) is 0 Å². The first kappa shape index (κ1) is 12.3. The molecule has 15 heavy (non-hydrogen) atoms. The van der Waals surface area contributed by atoms with Crippen molar-refractivity contribution < 1.29 is 0 Å². The van der Waals surface area contributed by atoms with Gasteiger partial charge in [0.1, 0.15) is 10.0 Å². The predicted octanol–water partition coefficient (Wildman–Crippen LogP) is 2.85. The van der Waals surface area contributed by atoms with Crippen LogP contribution in [0.3, 0.4) is 0 Å². The molecule has 1 aromatic rings. The number of hydrogen-bond donors (Lipinski definition) is 1. The fourth-order valence-electron chi connectivity index (χ4n) is 1.44. The Bertz CT molecular complexity index is 309. The van der Waals surface area contributed by atoms with E-state index in [9.17, 15) is 0 Å². The lowest BCUT2D eigenvalue weighted by atomic mass is 10.1. The molecule has 2 unspecified atom stereocenters. The molecule has 0 saturated heterocycles. The van der Waals surface area contributed by atoms with Gasteiger partial charge in [-0.1, -0.05) is 6.08 Å². The second kappa shape index (κ2) is 5.98. The third-order valence-corrected chi connectivity index (χ3v) is 3.27. The summed E-state index contributed by atoms with van der Waals surface area (Å²) in [7, 11) is 0. The van der Waals surface area contributed by atoms with Crippen molar-refractivity contribution in [2.75, 3.05) is 0 Å². The summed E-state index contributed by atoms with van der Waals surface area (Å²) in [5.74, 6) is 0. The third kappa shape index (κ3) is 4.10. The quantitative estimate of drug-likeness (QED) is 0.756. The number of nitrogens with zero attached hydrogens (tertiary/aromatic N) is 2. The standard InChI is InChI=1S/C11H19N3S/c1-5-6-7-8(2)12-9(3)11-14-13-10(4)15-11/h5,8-9,12H,1,6-7H2,2-4H3. The van der Waals surface area contributed by atoms with E-state index in [4.69, 9.17) is 0 Å². The number of hydrogen-bond acceptors (Lipinski definition) is 4. The van der Waals surface area contributed by atoms with Gasteiger partial charge in [-0.2, -0.15) is 0 Å². The molecule has 0 saturated carbocycles. The van der Waals surface area contributed by atoms with Crippen LogP contribution in [0.15, 0.2) is 12.7 Å². The van der Waals surface area contributed by atoms with Gasteiger partial charge < -0.3 is 5.32 Å². The monoisotopic (exact) mass is 225 g/mol. The zero-order valence-corrected chi connectivity index (χ0v) is 10.5. The van der Waals surface area contributed by atoms with Crippen molar-refractivity contribution in [2.45, 2.75) is 45.7 Å². The lowest BCUT2D eigenvalue weighted by molar-refractivity contribution is 0.456. The molecule has 0 bridgehead atoms. The Morgan fingerprint density at radius 2 is 2.20 bits per heavy atom. The molecule has 0 amide bonds. The maximum atomic E-state index is 4.13. The summed E-state index contributed by atoms with van der Waals surface area (Å²) in [4.78, 5) is 0. The highest BCUT2D eigenvalue weighted by Crippen LogP contribution is 2.17. The van der Waals surface area contributed by atoms with Gasteiger partial charge in [0.2, 0.25) is 0 Å². The summed E-state index contributed by atoms with van der Waals surface area (Å²) >= 11 is 1.66. The van der Waals surface area contributed by atoms with Gasteiger partial charge in [-0.05, 0) is 33.6 Å². The fraction of sp³-hybridized carbons (Fsp3) is 0.636. The van der Waals surface area contributed by atoms with E-state index in [0.717, 1.165) is 22.9 Å². The molecule has 1 N–H and O–H groups in total. The Morgan fingerprint density at radius 3 is 2.73 bits per heavy atom. The SMILES string of the molecule is C=CCCC(C)NC(C)c1nnc(C)s1. The summed E-state index contributed by atoms with van der Waals surface area (Å²) in [5, 5.41) is 13.8. The number of rotatable bonds is 6. The number of aryl methyl sites for hydroxylation is 1.